The lowest BCUT2D eigenvalue weighted by Gasteiger charge is -2.39. The molecule has 20 heavy (non-hydrogen) atoms. The van der Waals surface area contributed by atoms with Crippen molar-refractivity contribution in [2.75, 3.05) is 27.2 Å². The average Bonchev–Trinajstić information content (AvgIpc) is 2.48. The summed E-state index contributed by atoms with van der Waals surface area (Å²) in [6, 6.07) is 10.2. The van der Waals surface area contributed by atoms with Crippen LogP contribution in [0.2, 0.25) is 0 Å². The Balaban J connectivity index is 2.09. The van der Waals surface area contributed by atoms with Crippen molar-refractivity contribution in [3.63, 3.8) is 0 Å². The summed E-state index contributed by atoms with van der Waals surface area (Å²) in [7, 11) is 4.28. The Hall–Kier alpha value is -1.19. The van der Waals surface area contributed by atoms with Crippen molar-refractivity contribution in [2.24, 2.45) is 0 Å². The first-order valence-corrected chi connectivity index (χ1v) is 7.63. The van der Waals surface area contributed by atoms with Gasteiger partial charge in [-0.05, 0) is 39.9 Å². The zero-order chi connectivity index (χ0) is 14.5. The van der Waals surface area contributed by atoms with E-state index in [1.165, 1.54) is 19.4 Å². The van der Waals surface area contributed by atoms with Crippen LogP contribution in [0.1, 0.15) is 36.5 Å². The van der Waals surface area contributed by atoms with E-state index in [9.17, 15) is 4.79 Å². The molecule has 3 nitrogen and oxygen atoms in total. The molecular weight excluding hydrogens is 248 g/mol. The molecule has 1 aromatic carbocycles. The van der Waals surface area contributed by atoms with Crippen LogP contribution in [0, 0.1) is 0 Å². The highest BCUT2D eigenvalue weighted by Crippen LogP contribution is 2.19. The quantitative estimate of drug-likeness (QED) is 0.771. The third-order valence-corrected chi connectivity index (χ3v) is 4.41. The van der Waals surface area contributed by atoms with Crippen LogP contribution in [0.5, 0.6) is 0 Å². The van der Waals surface area contributed by atoms with E-state index in [1.807, 2.05) is 30.3 Å². The molecule has 0 spiro atoms. The van der Waals surface area contributed by atoms with Crippen LogP contribution in [0.25, 0.3) is 0 Å². The third-order valence-electron chi connectivity index (χ3n) is 4.41. The van der Waals surface area contributed by atoms with E-state index in [2.05, 4.69) is 30.8 Å². The summed E-state index contributed by atoms with van der Waals surface area (Å²) in [5, 5.41) is 0. The number of piperidine rings is 1. The predicted molar refractivity (Wildman–Crippen MR) is 83.1 cm³/mol. The minimum Gasteiger partial charge on any atom is -0.305 e. The summed E-state index contributed by atoms with van der Waals surface area (Å²) in [5.74, 6) is 0.254. The molecule has 0 N–H and O–H groups in total. The number of hydrogen-bond acceptors (Lipinski definition) is 3. The van der Waals surface area contributed by atoms with Crippen LogP contribution < -0.4 is 0 Å². The minimum absolute atomic E-state index is 0.00565. The number of likely N-dealkylation sites (N-methyl/N-ethyl adjacent to an activating group) is 2. The van der Waals surface area contributed by atoms with Crippen molar-refractivity contribution in [1.82, 2.24) is 9.80 Å². The van der Waals surface area contributed by atoms with Gasteiger partial charge in [0.1, 0.15) is 0 Å². The number of likely N-dealkylation sites (tertiary alicyclic amines) is 1. The summed E-state index contributed by atoms with van der Waals surface area (Å²) in [4.78, 5) is 17.3. The molecule has 2 rings (SSSR count). The molecule has 0 bridgehead atoms. The van der Waals surface area contributed by atoms with Gasteiger partial charge in [-0.1, -0.05) is 37.3 Å². The predicted octanol–water partition coefficient (Wildman–Crippen LogP) is 2.67. The summed E-state index contributed by atoms with van der Waals surface area (Å²) in [6.45, 7) is 4.34. The molecule has 0 amide bonds. The van der Waals surface area contributed by atoms with E-state index in [1.54, 1.807) is 0 Å². The molecule has 0 aromatic heterocycles. The Kier molecular flexibility index (Phi) is 5.32. The van der Waals surface area contributed by atoms with E-state index in [4.69, 9.17) is 0 Å². The normalized spacial score (nSPS) is 21.9. The van der Waals surface area contributed by atoms with Gasteiger partial charge in [-0.2, -0.15) is 0 Å². The highest BCUT2D eigenvalue weighted by atomic mass is 16.1. The van der Waals surface area contributed by atoms with Crippen molar-refractivity contribution in [3.05, 3.63) is 35.9 Å². The Labute approximate surface area is 122 Å². The van der Waals surface area contributed by atoms with Gasteiger partial charge >= 0.3 is 0 Å². The maximum atomic E-state index is 12.7. The van der Waals surface area contributed by atoms with Gasteiger partial charge in [-0.15, -0.1) is 0 Å². The molecule has 1 heterocycles. The molecule has 0 radical (unpaired) electrons. The minimum atomic E-state index is -0.00565. The maximum Gasteiger partial charge on any atom is 0.179 e. The number of ketones is 1. The van der Waals surface area contributed by atoms with Crippen molar-refractivity contribution in [3.8, 4) is 0 Å². The average molecular weight is 274 g/mol. The molecule has 0 saturated carbocycles. The van der Waals surface area contributed by atoms with E-state index >= 15 is 0 Å². The van der Waals surface area contributed by atoms with Crippen LogP contribution in [0.4, 0.5) is 0 Å². The van der Waals surface area contributed by atoms with Gasteiger partial charge < -0.3 is 4.90 Å². The first-order valence-electron chi connectivity index (χ1n) is 7.63. The Morgan fingerprint density at radius 1 is 1.40 bits per heavy atom. The van der Waals surface area contributed by atoms with Crippen molar-refractivity contribution >= 4 is 5.78 Å². The topological polar surface area (TPSA) is 23.6 Å². The van der Waals surface area contributed by atoms with E-state index < -0.39 is 0 Å². The molecule has 2 unspecified atom stereocenters. The second kappa shape index (κ2) is 7.00. The van der Waals surface area contributed by atoms with Crippen LogP contribution >= 0.6 is 0 Å². The number of rotatable bonds is 5. The second-order valence-corrected chi connectivity index (χ2v) is 5.88. The summed E-state index contributed by atoms with van der Waals surface area (Å²) in [6.07, 6.45) is 3.28. The SMILES string of the molecule is CCC(C(=O)c1ccccc1)N(C)C1CCCN(C)C1. The highest BCUT2D eigenvalue weighted by molar-refractivity contribution is 6.00. The fraction of sp³-hybridized carbons (Fsp3) is 0.588. The molecule has 1 saturated heterocycles. The van der Waals surface area contributed by atoms with E-state index in [0.29, 0.717) is 6.04 Å². The summed E-state index contributed by atoms with van der Waals surface area (Å²) in [5.41, 5.74) is 0.829. The molecule has 1 aromatic rings. The number of benzene rings is 1. The number of carbonyl (C=O) groups excluding carboxylic acids is 1. The lowest BCUT2D eigenvalue weighted by molar-refractivity contribution is 0.0667. The van der Waals surface area contributed by atoms with Gasteiger partial charge in [0, 0.05) is 18.2 Å². The van der Waals surface area contributed by atoms with Gasteiger partial charge in [0.2, 0.25) is 0 Å². The number of hydrogen-bond donors (Lipinski definition) is 0. The first-order chi connectivity index (χ1) is 9.63. The first kappa shape index (κ1) is 15.2. The fourth-order valence-corrected chi connectivity index (χ4v) is 3.18. The number of carbonyl (C=O) groups is 1. The van der Waals surface area contributed by atoms with Crippen LogP contribution in [0.3, 0.4) is 0 Å². The lowest BCUT2D eigenvalue weighted by atomic mass is 9.97. The molecule has 0 aliphatic carbocycles. The second-order valence-electron chi connectivity index (χ2n) is 5.88. The van der Waals surface area contributed by atoms with Gasteiger partial charge in [0.25, 0.3) is 0 Å². The van der Waals surface area contributed by atoms with Crippen molar-refractivity contribution in [2.45, 2.75) is 38.3 Å². The van der Waals surface area contributed by atoms with Gasteiger partial charge in [0.05, 0.1) is 6.04 Å². The molecule has 1 aliphatic rings. The Morgan fingerprint density at radius 2 is 2.10 bits per heavy atom. The van der Waals surface area contributed by atoms with Crippen molar-refractivity contribution in [1.29, 1.82) is 0 Å². The summed E-state index contributed by atoms with van der Waals surface area (Å²) < 4.78 is 0. The van der Waals surface area contributed by atoms with E-state index in [0.717, 1.165) is 18.5 Å². The van der Waals surface area contributed by atoms with Crippen LogP contribution in [-0.2, 0) is 0 Å². The zero-order valence-electron chi connectivity index (χ0n) is 12.9. The smallest absolute Gasteiger partial charge is 0.179 e. The molecule has 2 atom stereocenters. The molecule has 3 heteroatoms. The van der Waals surface area contributed by atoms with Gasteiger partial charge in [-0.3, -0.25) is 9.69 Å². The Morgan fingerprint density at radius 3 is 2.70 bits per heavy atom. The molecule has 1 aliphatic heterocycles. The number of Topliss-reactive ketones (excluding diaryl/α,β-unsaturated/α-hetero) is 1. The van der Waals surface area contributed by atoms with Gasteiger partial charge in [0.15, 0.2) is 5.78 Å². The lowest BCUT2D eigenvalue weighted by Crippen LogP contribution is -2.51. The molecular formula is C17H26N2O. The van der Waals surface area contributed by atoms with Gasteiger partial charge in [-0.25, -0.2) is 0 Å². The summed E-state index contributed by atoms with van der Waals surface area (Å²) >= 11 is 0. The fourth-order valence-electron chi connectivity index (χ4n) is 3.18. The standard InChI is InChI=1S/C17H26N2O/c1-4-16(17(20)14-9-6-5-7-10-14)19(3)15-11-8-12-18(2)13-15/h5-7,9-10,15-16H,4,8,11-13H2,1-3H3. The van der Waals surface area contributed by atoms with Crippen LogP contribution in [0.15, 0.2) is 30.3 Å². The van der Waals surface area contributed by atoms with E-state index in [-0.39, 0.29) is 11.8 Å². The number of nitrogens with zero attached hydrogens (tertiary/aromatic N) is 2. The maximum absolute atomic E-state index is 12.7. The monoisotopic (exact) mass is 274 g/mol. The molecule has 1 fully saturated rings. The zero-order valence-corrected chi connectivity index (χ0v) is 12.9. The Bertz CT molecular complexity index is 432. The highest BCUT2D eigenvalue weighted by Gasteiger charge is 2.29. The third kappa shape index (κ3) is 3.47. The molecule has 110 valence electrons. The van der Waals surface area contributed by atoms with Crippen molar-refractivity contribution < 1.29 is 4.79 Å². The van der Waals surface area contributed by atoms with Crippen LogP contribution in [-0.4, -0.2) is 54.9 Å². The largest absolute Gasteiger partial charge is 0.305 e.